The summed E-state index contributed by atoms with van der Waals surface area (Å²) in [5, 5.41) is 21.8. The van der Waals surface area contributed by atoms with Crippen LogP contribution in [0.15, 0.2) is 12.1 Å². The highest BCUT2D eigenvalue weighted by atomic mass is 16.3. The second-order valence-electron chi connectivity index (χ2n) is 9.09. The fourth-order valence-electron chi connectivity index (χ4n) is 5.86. The molecule has 3 aliphatic carbocycles. The van der Waals surface area contributed by atoms with E-state index in [0.717, 1.165) is 0 Å². The molecule has 0 saturated heterocycles. The van der Waals surface area contributed by atoms with Gasteiger partial charge in [-0.05, 0) is 50.0 Å². The van der Waals surface area contributed by atoms with Crippen molar-refractivity contribution in [3.63, 3.8) is 0 Å². The highest BCUT2D eigenvalue weighted by Gasteiger charge is 2.69. The quantitative estimate of drug-likeness (QED) is 0.397. The van der Waals surface area contributed by atoms with Crippen LogP contribution in [0.1, 0.15) is 27.9 Å². The molecule has 2 fully saturated rings. The molecule has 2 saturated carbocycles. The summed E-state index contributed by atoms with van der Waals surface area (Å²) in [7, 11) is 3.08. The zero-order chi connectivity index (χ0) is 23.7. The Kier molecular flexibility index (Phi) is 5.07. The third-order valence-electron chi connectivity index (χ3n) is 7.26. The number of primary amides is 1. The van der Waals surface area contributed by atoms with Gasteiger partial charge in [-0.2, -0.15) is 0 Å². The summed E-state index contributed by atoms with van der Waals surface area (Å²) in [6.07, 6.45) is 0.232. The number of aliphatic hydroxyl groups is 1. The fourth-order valence-corrected chi connectivity index (χ4v) is 5.86. The molecule has 32 heavy (non-hydrogen) atoms. The lowest BCUT2D eigenvalue weighted by atomic mass is 9.52. The number of ketones is 4. The van der Waals surface area contributed by atoms with Gasteiger partial charge in [-0.15, -0.1) is 0 Å². The van der Waals surface area contributed by atoms with E-state index in [9.17, 15) is 34.2 Å². The Labute approximate surface area is 183 Å². The van der Waals surface area contributed by atoms with Crippen LogP contribution in [0.3, 0.4) is 0 Å². The Hall–Kier alpha value is -2.95. The van der Waals surface area contributed by atoms with Crippen LogP contribution in [0.4, 0.5) is 0 Å². The number of phenolic OH excluding ortho intramolecular Hbond substituents is 1. The topological polar surface area (TPSA) is 181 Å². The van der Waals surface area contributed by atoms with Gasteiger partial charge in [0.25, 0.3) is 0 Å². The molecule has 2 unspecified atom stereocenters. The number of hydrogen-bond acceptors (Lipinski definition) is 9. The summed E-state index contributed by atoms with van der Waals surface area (Å²) in [5.41, 5.74) is 9.49. The van der Waals surface area contributed by atoms with Gasteiger partial charge >= 0.3 is 0 Å². The lowest BCUT2D eigenvalue weighted by molar-refractivity contribution is -0.181. The van der Waals surface area contributed by atoms with Crippen molar-refractivity contribution in [2.24, 2.45) is 35.1 Å². The second-order valence-corrected chi connectivity index (χ2v) is 9.09. The van der Waals surface area contributed by atoms with E-state index in [2.05, 4.69) is 0 Å². The van der Waals surface area contributed by atoms with Crippen molar-refractivity contribution in [2.75, 3.05) is 14.1 Å². The number of carbonyl (C=O) groups excluding carboxylic acids is 5. The van der Waals surface area contributed by atoms with Gasteiger partial charge in [0.1, 0.15) is 5.75 Å². The van der Waals surface area contributed by atoms with E-state index in [1.807, 2.05) is 0 Å². The minimum atomic E-state index is -2.71. The number of amides is 1. The summed E-state index contributed by atoms with van der Waals surface area (Å²) in [6.45, 7) is 0.117. The van der Waals surface area contributed by atoms with Gasteiger partial charge in [0.05, 0.1) is 17.5 Å². The van der Waals surface area contributed by atoms with Crippen LogP contribution in [0.5, 0.6) is 5.75 Å². The van der Waals surface area contributed by atoms with Crippen LogP contribution in [-0.4, -0.2) is 69.9 Å². The zero-order valence-electron chi connectivity index (χ0n) is 17.7. The van der Waals surface area contributed by atoms with Crippen LogP contribution in [0.25, 0.3) is 0 Å². The van der Waals surface area contributed by atoms with Crippen LogP contribution >= 0.6 is 0 Å². The Morgan fingerprint density at radius 2 is 1.84 bits per heavy atom. The lowest BCUT2D eigenvalue weighted by Crippen LogP contribution is -2.74. The first kappa shape index (κ1) is 22.3. The summed E-state index contributed by atoms with van der Waals surface area (Å²) >= 11 is 0. The fraction of sp³-hybridized carbons (Fsp3) is 0.500. The number of hydrogen-bond donors (Lipinski definition) is 4. The number of likely N-dealkylation sites (N-methyl/N-ethyl adjacent to an activating group) is 1. The summed E-state index contributed by atoms with van der Waals surface area (Å²) < 4.78 is 0. The third-order valence-corrected chi connectivity index (χ3v) is 7.26. The van der Waals surface area contributed by atoms with E-state index >= 15 is 0 Å². The molecule has 3 aliphatic rings. The molecule has 6 atom stereocenters. The van der Waals surface area contributed by atoms with E-state index < -0.39 is 64.4 Å². The van der Waals surface area contributed by atoms with Gasteiger partial charge in [0.2, 0.25) is 5.91 Å². The predicted octanol–water partition coefficient (Wildman–Crippen LogP) is -1.67. The van der Waals surface area contributed by atoms with Gasteiger partial charge in [-0.3, -0.25) is 28.9 Å². The van der Waals surface area contributed by atoms with E-state index in [4.69, 9.17) is 11.5 Å². The maximum absolute atomic E-state index is 13.6. The van der Waals surface area contributed by atoms with Gasteiger partial charge in [-0.1, -0.05) is 6.07 Å². The normalized spacial score (nSPS) is 34.2. The molecule has 10 nitrogen and oxygen atoms in total. The lowest BCUT2D eigenvalue weighted by Gasteiger charge is -2.52. The molecule has 4 rings (SSSR count). The molecule has 6 N–H and O–H groups in total. The molecule has 0 spiro atoms. The van der Waals surface area contributed by atoms with Crippen molar-refractivity contribution >= 4 is 29.0 Å². The van der Waals surface area contributed by atoms with Gasteiger partial charge in [0.15, 0.2) is 34.7 Å². The molecule has 1 aromatic rings. The van der Waals surface area contributed by atoms with Gasteiger partial charge in [0, 0.05) is 12.5 Å². The Balaban J connectivity index is 1.88. The number of carbonyl (C=O) groups is 5. The number of nitrogens with zero attached hydrogens (tertiary/aromatic N) is 1. The van der Waals surface area contributed by atoms with E-state index in [1.165, 1.54) is 11.0 Å². The van der Waals surface area contributed by atoms with Crippen molar-refractivity contribution in [1.82, 2.24) is 4.90 Å². The standard InChI is InChI=1S/C22H25N3O7/c1-25(2)16-11-6-9-5-10-8(7-23)3-4-12(26)14(10)17(27)13(9)19(29)22(11,32)20(30)15(18(16)28)21(24)31/h3-4,9,11,13,15-16,26,32H,5-7,23H2,1-2H3,(H2,24,31)/t9-,11-,13?,15?,16-,22-/m0/s1. The third kappa shape index (κ3) is 2.73. The molecule has 0 radical (unpaired) electrons. The minimum Gasteiger partial charge on any atom is -0.507 e. The molecule has 170 valence electrons. The van der Waals surface area contributed by atoms with E-state index in [1.54, 1.807) is 20.2 Å². The first-order chi connectivity index (χ1) is 15.0. The minimum absolute atomic E-state index is 0.0174. The summed E-state index contributed by atoms with van der Waals surface area (Å²) in [5.74, 6) is -10.5. The molecule has 1 aromatic carbocycles. The van der Waals surface area contributed by atoms with Crippen molar-refractivity contribution in [1.29, 1.82) is 0 Å². The van der Waals surface area contributed by atoms with Crippen molar-refractivity contribution in [3.8, 4) is 5.75 Å². The Morgan fingerprint density at radius 1 is 1.19 bits per heavy atom. The van der Waals surface area contributed by atoms with Gasteiger partial charge in [-0.25, -0.2) is 0 Å². The molecular weight excluding hydrogens is 418 g/mol. The number of rotatable bonds is 3. The molecule has 0 aliphatic heterocycles. The van der Waals surface area contributed by atoms with Crippen LogP contribution < -0.4 is 11.5 Å². The largest absolute Gasteiger partial charge is 0.507 e. The van der Waals surface area contributed by atoms with Gasteiger partial charge < -0.3 is 21.7 Å². The smallest absolute Gasteiger partial charge is 0.235 e. The highest BCUT2D eigenvalue weighted by Crippen LogP contribution is 2.50. The number of Topliss-reactive ketones (excluding diaryl/α,β-unsaturated/α-hetero) is 4. The molecule has 0 heterocycles. The van der Waals surface area contributed by atoms with E-state index in [-0.39, 0.29) is 30.7 Å². The maximum atomic E-state index is 13.6. The molecule has 1 amide bonds. The van der Waals surface area contributed by atoms with Crippen LogP contribution in [0, 0.1) is 23.7 Å². The average molecular weight is 443 g/mol. The number of fused-ring (bicyclic) bond motifs is 3. The summed E-state index contributed by atoms with van der Waals surface area (Å²) in [6, 6.07) is 1.81. The SMILES string of the molecule is CN(C)[C@@H]1C(=O)C(C(N)=O)C(=O)[C@@]2(O)C(=O)C3C(=O)c4c(O)ccc(CN)c4C[C@H]3C[C@@H]12. The maximum Gasteiger partial charge on any atom is 0.235 e. The monoisotopic (exact) mass is 443 g/mol. The summed E-state index contributed by atoms with van der Waals surface area (Å²) in [4.78, 5) is 66.4. The van der Waals surface area contributed by atoms with Crippen molar-refractivity contribution in [2.45, 2.75) is 31.0 Å². The van der Waals surface area contributed by atoms with Crippen LogP contribution in [0.2, 0.25) is 0 Å². The zero-order valence-corrected chi connectivity index (χ0v) is 17.7. The Bertz CT molecular complexity index is 1080. The molecule has 0 bridgehead atoms. The Morgan fingerprint density at radius 3 is 2.41 bits per heavy atom. The number of nitrogens with two attached hydrogens (primary N) is 2. The second kappa shape index (κ2) is 7.29. The molecule has 0 aromatic heterocycles. The number of phenols is 1. The number of aromatic hydroxyl groups is 1. The molecule has 10 heteroatoms. The molecular formula is C22H25N3O7. The average Bonchev–Trinajstić information content (AvgIpc) is 2.70. The highest BCUT2D eigenvalue weighted by molar-refractivity contribution is 6.32. The van der Waals surface area contributed by atoms with Crippen LogP contribution in [-0.2, 0) is 32.1 Å². The predicted molar refractivity (Wildman–Crippen MR) is 109 cm³/mol. The van der Waals surface area contributed by atoms with Crippen molar-refractivity contribution in [3.05, 3.63) is 28.8 Å². The van der Waals surface area contributed by atoms with Crippen molar-refractivity contribution < 1.29 is 34.2 Å². The first-order valence-corrected chi connectivity index (χ1v) is 10.3. The number of benzene rings is 1. The first-order valence-electron chi connectivity index (χ1n) is 10.3. The van der Waals surface area contributed by atoms with E-state index in [0.29, 0.717) is 11.1 Å².